The molecule has 0 spiro atoms. The van der Waals surface area contributed by atoms with Gasteiger partial charge in [-0.15, -0.1) is 11.3 Å². The maximum atomic E-state index is 13.2. The van der Waals surface area contributed by atoms with Crippen molar-refractivity contribution in [1.82, 2.24) is 9.55 Å². The zero-order valence-corrected chi connectivity index (χ0v) is 17.8. The molecule has 0 saturated carbocycles. The van der Waals surface area contributed by atoms with Gasteiger partial charge in [0.05, 0.1) is 31.6 Å². The molecule has 5 rings (SSSR count). The lowest BCUT2D eigenvalue weighted by Crippen LogP contribution is -3.14. The lowest BCUT2D eigenvalue weighted by Gasteiger charge is -2.34. The fourth-order valence-corrected chi connectivity index (χ4v) is 6.25. The molecule has 0 unspecified atom stereocenters. The lowest BCUT2D eigenvalue weighted by atomic mass is 9.97. The van der Waals surface area contributed by atoms with Crippen molar-refractivity contribution in [1.29, 1.82) is 0 Å². The Balaban J connectivity index is 1.39. The Morgan fingerprint density at radius 3 is 2.62 bits per heavy atom. The summed E-state index contributed by atoms with van der Waals surface area (Å²) in [4.78, 5) is 21.7. The zero-order valence-electron chi connectivity index (χ0n) is 16.2. The largest absolute Gasteiger partial charge is 0.360 e. The molecule has 1 aliphatic carbocycles. The third-order valence-electron chi connectivity index (χ3n) is 6.13. The third-order valence-corrected chi connectivity index (χ3v) is 7.77. The van der Waals surface area contributed by atoms with E-state index in [0.29, 0.717) is 4.77 Å². The van der Waals surface area contributed by atoms with E-state index in [9.17, 15) is 9.18 Å². The average Bonchev–Trinajstić information content (AvgIpc) is 3.12. The zero-order chi connectivity index (χ0) is 20.0. The highest BCUT2D eigenvalue weighted by Crippen LogP contribution is 2.34. The van der Waals surface area contributed by atoms with Crippen LogP contribution in [0.3, 0.4) is 0 Å². The Morgan fingerprint density at radius 2 is 1.86 bits per heavy atom. The summed E-state index contributed by atoms with van der Waals surface area (Å²) in [5, 5.41) is 0.864. The van der Waals surface area contributed by atoms with Gasteiger partial charge >= 0.3 is 0 Å². The highest BCUT2D eigenvalue weighted by atomic mass is 32.1. The number of quaternary nitrogens is 1. The number of benzene rings is 1. The first-order valence-corrected chi connectivity index (χ1v) is 11.4. The van der Waals surface area contributed by atoms with Crippen molar-refractivity contribution in [2.75, 3.05) is 31.1 Å². The summed E-state index contributed by atoms with van der Waals surface area (Å²) in [5.41, 5.74) is 2.29. The molecule has 1 fully saturated rings. The number of piperazine rings is 1. The van der Waals surface area contributed by atoms with Crippen molar-refractivity contribution in [3.8, 4) is 0 Å². The van der Waals surface area contributed by atoms with Crippen LogP contribution in [0.25, 0.3) is 10.2 Å². The van der Waals surface area contributed by atoms with Crippen molar-refractivity contribution < 1.29 is 9.29 Å². The number of rotatable bonds is 3. The molecule has 2 aromatic heterocycles. The number of anilines is 1. The minimum Gasteiger partial charge on any atom is -0.360 e. The monoisotopic (exact) mass is 431 g/mol. The molecule has 8 heteroatoms. The molecule has 1 aromatic carbocycles. The average molecular weight is 432 g/mol. The van der Waals surface area contributed by atoms with E-state index < -0.39 is 0 Å². The number of aryl methyl sites for hydroxylation is 2. The third kappa shape index (κ3) is 3.53. The fraction of sp³-hybridized carbons (Fsp3) is 0.429. The van der Waals surface area contributed by atoms with Crippen LogP contribution in [0.5, 0.6) is 0 Å². The molecular weight excluding hydrogens is 407 g/mol. The van der Waals surface area contributed by atoms with Crippen LogP contribution in [0.2, 0.25) is 0 Å². The summed E-state index contributed by atoms with van der Waals surface area (Å²) in [5.74, 6) is -0.201. The Hall–Kier alpha value is -2.03. The number of hydrogen-bond acceptors (Lipinski definition) is 4. The Labute approximate surface area is 177 Å². The van der Waals surface area contributed by atoms with Crippen molar-refractivity contribution in [2.24, 2.45) is 0 Å². The smallest absolute Gasteiger partial charge is 0.260 e. The summed E-state index contributed by atoms with van der Waals surface area (Å²) in [6.45, 7) is 4.56. The van der Waals surface area contributed by atoms with Crippen LogP contribution in [0.15, 0.2) is 29.1 Å². The molecule has 1 saturated heterocycles. The van der Waals surface area contributed by atoms with Gasteiger partial charge in [-0.1, -0.05) is 0 Å². The maximum Gasteiger partial charge on any atom is 0.260 e. The van der Waals surface area contributed by atoms with E-state index >= 15 is 0 Å². The number of nitrogens with one attached hydrogen (secondary N) is 2. The summed E-state index contributed by atoms with van der Waals surface area (Å²) in [6.07, 6.45) is 4.43. The van der Waals surface area contributed by atoms with E-state index in [-0.39, 0.29) is 11.4 Å². The number of aromatic amines is 1. The lowest BCUT2D eigenvalue weighted by molar-refractivity contribution is -0.923. The van der Waals surface area contributed by atoms with Gasteiger partial charge in [-0.25, -0.2) is 4.39 Å². The molecule has 2 N–H and O–H groups in total. The summed E-state index contributed by atoms with van der Waals surface area (Å²) >= 11 is 7.30. The predicted octanol–water partition coefficient (Wildman–Crippen LogP) is 2.50. The van der Waals surface area contributed by atoms with Crippen LogP contribution in [0.1, 0.15) is 23.3 Å². The van der Waals surface area contributed by atoms with E-state index in [1.807, 2.05) is 12.1 Å². The quantitative estimate of drug-likeness (QED) is 0.627. The second-order valence-electron chi connectivity index (χ2n) is 7.95. The molecule has 3 aromatic rings. The molecule has 152 valence electrons. The highest BCUT2D eigenvalue weighted by molar-refractivity contribution is 7.71. The van der Waals surface area contributed by atoms with Gasteiger partial charge in [-0.05, 0) is 67.7 Å². The van der Waals surface area contributed by atoms with Gasteiger partial charge in [0.1, 0.15) is 10.6 Å². The molecule has 29 heavy (non-hydrogen) atoms. The number of hydrogen-bond donors (Lipinski definition) is 2. The van der Waals surface area contributed by atoms with Gasteiger partial charge in [-0.3, -0.25) is 14.3 Å². The molecular formula is C21H24FN4OS2+. The molecule has 0 bridgehead atoms. The van der Waals surface area contributed by atoms with Gasteiger partial charge in [0.2, 0.25) is 0 Å². The number of nitrogens with zero attached hydrogens (tertiary/aromatic N) is 2. The van der Waals surface area contributed by atoms with Crippen LogP contribution < -0.4 is 15.4 Å². The van der Waals surface area contributed by atoms with Crippen LogP contribution in [-0.4, -0.2) is 35.7 Å². The number of fused-ring (bicyclic) bond motifs is 3. The van der Waals surface area contributed by atoms with Gasteiger partial charge in [0.15, 0.2) is 11.4 Å². The van der Waals surface area contributed by atoms with E-state index in [1.54, 1.807) is 11.3 Å². The first-order valence-electron chi connectivity index (χ1n) is 10.2. The molecule has 0 atom stereocenters. The summed E-state index contributed by atoms with van der Waals surface area (Å²) < 4.78 is 15.8. The van der Waals surface area contributed by atoms with Crippen molar-refractivity contribution in [2.45, 2.75) is 32.4 Å². The van der Waals surface area contributed by atoms with Crippen molar-refractivity contribution in [3.63, 3.8) is 0 Å². The standard InChI is InChI=1S/C21H23FN4OS2/c22-14-5-7-15(8-6-14)25-11-9-24(10-12-25)13-26-20-18(19(27)23-21(26)28)16-3-1-2-4-17(16)29-20/h5-8H,1-4,9-13H2,(H,23,27,28)/p+1. The van der Waals surface area contributed by atoms with Crippen LogP contribution in [-0.2, 0) is 19.5 Å². The van der Waals surface area contributed by atoms with Gasteiger partial charge in [0, 0.05) is 10.6 Å². The minimum absolute atomic E-state index is 0.0308. The van der Waals surface area contributed by atoms with Crippen LogP contribution in [0, 0.1) is 10.6 Å². The minimum atomic E-state index is -0.201. The molecule has 0 radical (unpaired) electrons. The summed E-state index contributed by atoms with van der Waals surface area (Å²) in [7, 11) is 0. The Morgan fingerprint density at radius 1 is 1.14 bits per heavy atom. The van der Waals surface area contributed by atoms with E-state index in [0.717, 1.165) is 68.0 Å². The predicted molar refractivity (Wildman–Crippen MR) is 117 cm³/mol. The second kappa shape index (κ2) is 7.66. The normalized spacial score (nSPS) is 17.6. The SMILES string of the molecule is O=c1[nH]c(=S)n(C[NH+]2CCN(c3ccc(F)cc3)CC2)c2sc3c(c12)CCCC3. The van der Waals surface area contributed by atoms with E-state index in [4.69, 9.17) is 12.2 Å². The molecule has 0 amide bonds. The van der Waals surface area contributed by atoms with Gasteiger partial charge in [-0.2, -0.15) is 0 Å². The van der Waals surface area contributed by atoms with Gasteiger partial charge < -0.3 is 9.80 Å². The Bertz CT molecular complexity index is 1160. The van der Waals surface area contributed by atoms with Gasteiger partial charge in [0.25, 0.3) is 5.56 Å². The first-order chi connectivity index (χ1) is 14.1. The molecule has 3 heterocycles. The number of H-pyrrole nitrogens is 1. The van der Waals surface area contributed by atoms with Crippen molar-refractivity contribution >= 4 is 39.5 Å². The van der Waals surface area contributed by atoms with E-state index in [1.165, 1.54) is 33.9 Å². The topological polar surface area (TPSA) is 45.5 Å². The number of aromatic nitrogens is 2. The number of thiophene rings is 1. The summed E-state index contributed by atoms with van der Waals surface area (Å²) in [6, 6.07) is 6.73. The maximum absolute atomic E-state index is 13.2. The fourth-order valence-electron chi connectivity index (χ4n) is 4.55. The highest BCUT2D eigenvalue weighted by Gasteiger charge is 2.24. The van der Waals surface area contributed by atoms with Crippen molar-refractivity contribution in [3.05, 3.63) is 55.6 Å². The molecule has 5 nitrogen and oxygen atoms in total. The van der Waals surface area contributed by atoms with Crippen LogP contribution >= 0.6 is 23.6 Å². The number of halogens is 1. The molecule has 1 aliphatic heterocycles. The molecule has 2 aliphatic rings. The van der Waals surface area contributed by atoms with Crippen LogP contribution in [0.4, 0.5) is 10.1 Å². The first kappa shape index (κ1) is 19.0. The van der Waals surface area contributed by atoms with E-state index in [2.05, 4.69) is 14.5 Å². The second-order valence-corrected chi connectivity index (χ2v) is 9.42. The Kier molecular flexibility index (Phi) is 5.01.